The lowest BCUT2D eigenvalue weighted by Gasteiger charge is -2.11. The van der Waals surface area contributed by atoms with Crippen LogP contribution in [0.1, 0.15) is 24.1 Å². The predicted molar refractivity (Wildman–Crippen MR) is 80.8 cm³/mol. The molecule has 0 radical (unpaired) electrons. The maximum atomic E-state index is 12.1. The maximum Gasteiger partial charge on any atom is 0.247 e. The zero-order valence-corrected chi connectivity index (χ0v) is 11.7. The van der Waals surface area contributed by atoms with E-state index in [1.54, 1.807) is 6.07 Å². The molecule has 1 aromatic carbocycles. The minimum absolute atomic E-state index is 0.254. The Morgan fingerprint density at radius 2 is 2.19 bits per heavy atom. The van der Waals surface area contributed by atoms with Gasteiger partial charge in [-0.1, -0.05) is 30.3 Å². The fourth-order valence-electron chi connectivity index (χ4n) is 2.49. The normalized spacial score (nSPS) is 19.4. The minimum atomic E-state index is -0.690. The molecule has 1 amide bonds. The lowest BCUT2D eigenvalue weighted by Crippen LogP contribution is -2.28. The van der Waals surface area contributed by atoms with Crippen molar-refractivity contribution in [3.05, 3.63) is 48.2 Å². The van der Waals surface area contributed by atoms with E-state index in [1.165, 1.54) is 0 Å². The van der Waals surface area contributed by atoms with Crippen LogP contribution in [0.25, 0.3) is 0 Å². The fraction of sp³-hybridized carbons (Fsp3) is 0.333. The molecular formula is C15H19N5O. The maximum absolute atomic E-state index is 12.1. The molecule has 3 rings (SSSR count). The van der Waals surface area contributed by atoms with E-state index in [9.17, 15) is 4.79 Å². The summed E-state index contributed by atoms with van der Waals surface area (Å²) in [4.78, 5) is 12.1. The number of nitrogens with one attached hydrogen (secondary N) is 2. The summed E-state index contributed by atoms with van der Waals surface area (Å²) in [5, 5.41) is 10.5. The van der Waals surface area contributed by atoms with Gasteiger partial charge in [0.2, 0.25) is 5.91 Å². The van der Waals surface area contributed by atoms with Crippen LogP contribution in [0.3, 0.4) is 0 Å². The minimum Gasteiger partial charge on any atom is -0.316 e. The van der Waals surface area contributed by atoms with Crippen LogP contribution in [0.4, 0.5) is 5.82 Å². The zero-order valence-electron chi connectivity index (χ0n) is 11.7. The van der Waals surface area contributed by atoms with Gasteiger partial charge in [-0.2, -0.15) is 5.10 Å². The molecule has 2 heterocycles. The van der Waals surface area contributed by atoms with Crippen LogP contribution in [0, 0.1) is 0 Å². The third-order valence-electron chi connectivity index (χ3n) is 3.71. The van der Waals surface area contributed by atoms with E-state index in [4.69, 9.17) is 5.73 Å². The number of nitrogens with zero attached hydrogens (tertiary/aromatic N) is 2. The molecule has 0 aliphatic carbocycles. The summed E-state index contributed by atoms with van der Waals surface area (Å²) in [7, 11) is 0. The van der Waals surface area contributed by atoms with Crippen LogP contribution in [0.5, 0.6) is 0 Å². The number of rotatable bonds is 4. The molecule has 2 atom stereocenters. The van der Waals surface area contributed by atoms with E-state index in [1.807, 2.05) is 41.2 Å². The SMILES string of the molecule is N[C@H](C(=O)Nc1ccn([C@@H]2CCNC2)n1)c1ccccc1. The summed E-state index contributed by atoms with van der Waals surface area (Å²) in [6, 6.07) is 10.8. The highest BCUT2D eigenvalue weighted by Crippen LogP contribution is 2.17. The van der Waals surface area contributed by atoms with Crippen molar-refractivity contribution in [2.45, 2.75) is 18.5 Å². The third-order valence-corrected chi connectivity index (χ3v) is 3.71. The largest absolute Gasteiger partial charge is 0.316 e. The Kier molecular flexibility index (Phi) is 3.98. The van der Waals surface area contributed by atoms with Crippen LogP contribution in [-0.2, 0) is 4.79 Å². The van der Waals surface area contributed by atoms with Gasteiger partial charge in [-0.15, -0.1) is 0 Å². The molecule has 0 spiro atoms. The molecule has 1 saturated heterocycles. The second-order valence-electron chi connectivity index (χ2n) is 5.21. The van der Waals surface area contributed by atoms with Crippen LogP contribution in [-0.4, -0.2) is 28.8 Å². The first-order chi connectivity index (χ1) is 10.2. The monoisotopic (exact) mass is 285 g/mol. The number of aromatic nitrogens is 2. The molecule has 0 saturated carbocycles. The summed E-state index contributed by atoms with van der Waals surface area (Å²) in [5.74, 6) is 0.286. The van der Waals surface area contributed by atoms with E-state index in [-0.39, 0.29) is 5.91 Å². The van der Waals surface area contributed by atoms with Crippen molar-refractivity contribution in [3.63, 3.8) is 0 Å². The van der Waals surface area contributed by atoms with Gasteiger partial charge in [0.05, 0.1) is 6.04 Å². The molecular weight excluding hydrogens is 266 g/mol. The lowest BCUT2D eigenvalue weighted by molar-refractivity contribution is -0.117. The van der Waals surface area contributed by atoms with Gasteiger partial charge in [0.15, 0.2) is 5.82 Å². The quantitative estimate of drug-likeness (QED) is 0.784. The number of hydrogen-bond acceptors (Lipinski definition) is 4. The first-order valence-electron chi connectivity index (χ1n) is 7.11. The van der Waals surface area contributed by atoms with E-state index in [0.717, 1.165) is 25.1 Å². The fourth-order valence-corrected chi connectivity index (χ4v) is 2.49. The smallest absolute Gasteiger partial charge is 0.247 e. The molecule has 6 nitrogen and oxygen atoms in total. The van der Waals surface area contributed by atoms with Crippen LogP contribution >= 0.6 is 0 Å². The Labute approximate surface area is 123 Å². The number of nitrogens with two attached hydrogens (primary N) is 1. The van der Waals surface area contributed by atoms with Crippen molar-refractivity contribution in [2.75, 3.05) is 18.4 Å². The number of benzene rings is 1. The van der Waals surface area contributed by atoms with E-state index >= 15 is 0 Å². The van der Waals surface area contributed by atoms with Crippen molar-refractivity contribution in [1.82, 2.24) is 15.1 Å². The average molecular weight is 285 g/mol. The molecule has 0 bridgehead atoms. The summed E-state index contributed by atoms with van der Waals surface area (Å²) in [6.45, 7) is 1.92. The van der Waals surface area contributed by atoms with Gasteiger partial charge in [0.1, 0.15) is 6.04 Å². The Balaban J connectivity index is 1.64. The number of anilines is 1. The Morgan fingerprint density at radius 1 is 1.38 bits per heavy atom. The van der Waals surface area contributed by atoms with Gasteiger partial charge in [0.25, 0.3) is 0 Å². The first-order valence-corrected chi connectivity index (χ1v) is 7.11. The Bertz CT molecular complexity index is 604. The standard InChI is InChI=1S/C15H19N5O/c16-14(11-4-2-1-3-5-11)15(21)18-13-7-9-20(19-13)12-6-8-17-10-12/h1-5,7,9,12,14,17H,6,8,10,16H2,(H,18,19,21)/t12-,14+/m1/s1. The van der Waals surface area contributed by atoms with Crippen LogP contribution in [0.15, 0.2) is 42.6 Å². The predicted octanol–water partition coefficient (Wildman–Crippen LogP) is 1.06. The highest BCUT2D eigenvalue weighted by molar-refractivity contribution is 5.94. The highest BCUT2D eigenvalue weighted by Gasteiger charge is 2.19. The average Bonchev–Trinajstić information content (AvgIpc) is 3.18. The first kappa shape index (κ1) is 13.8. The number of hydrogen-bond donors (Lipinski definition) is 3. The van der Waals surface area contributed by atoms with Gasteiger partial charge in [-0.25, -0.2) is 0 Å². The highest BCUT2D eigenvalue weighted by atomic mass is 16.2. The zero-order chi connectivity index (χ0) is 14.7. The summed E-state index contributed by atoms with van der Waals surface area (Å²) in [5.41, 5.74) is 6.75. The van der Waals surface area contributed by atoms with Crippen LogP contribution < -0.4 is 16.4 Å². The number of carbonyl (C=O) groups excluding carboxylic acids is 1. The molecule has 6 heteroatoms. The molecule has 0 unspecified atom stereocenters. The second kappa shape index (κ2) is 6.07. The molecule has 21 heavy (non-hydrogen) atoms. The molecule has 4 N–H and O–H groups in total. The van der Waals surface area contributed by atoms with Gasteiger partial charge >= 0.3 is 0 Å². The summed E-state index contributed by atoms with van der Waals surface area (Å²) >= 11 is 0. The van der Waals surface area contributed by atoms with Gasteiger partial charge in [0, 0.05) is 18.8 Å². The molecule has 1 aromatic heterocycles. The number of carbonyl (C=O) groups is 1. The van der Waals surface area contributed by atoms with Gasteiger partial charge in [-0.05, 0) is 18.5 Å². The molecule has 2 aromatic rings. The van der Waals surface area contributed by atoms with E-state index < -0.39 is 6.04 Å². The van der Waals surface area contributed by atoms with Crippen molar-refractivity contribution in [3.8, 4) is 0 Å². The Hall–Kier alpha value is -2.18. The van der Waals surface area contributed by atoms with E-state index in [2.05, 4.69) is 15.7 Å². The van der Waals surface area contributed by atoms with Gasteiger partial charge in [-0.3, -0.25) is 9.48 Å². The summed E-state index contributed by atoms with van der Waals surface area (Å²) in [6.07, 6.45) is 2.94. The van der Waals surface area contributed by atoms with Crippen molar-refractivity contribution in [1.29, 1.82) is 0 Å². The Morgan fingerprint density at radius 3 is 2.90 bits per heavy atom. The molecule has 1 aliphatic rings. The third kappa shape index (κ3) is 3.12. The second-order valence-corrected chi connectivity index (χ2v) is 5.21. The van der Waals surface area contributed by atoms with E-state index in [0.29, 0.717) is 11.9 Å². The van der Waals surface area contributed by atoms with Gasteiger partial charge < -0.3 is 16.4 Å². The van der Waals surface area contributed by atoms with Crippen molar-refractivity contribution in [2.24, 2.45) is 5.73 Å². The molecule has 1 aliphatic heterocycles. The van der Waals surface area contributed by atoms with Crippen molar-refractivity contribution >= 4 is 11.7 Å². The van der Waals surface area contributed by atoms with Crippen LogP contribution in [0.2, 0.25) is 0 Å². The van der Waals surface area contributed by atoms with Crippen molar-refractivity contribution < 1.29 is 4.79 Å². The lowest BCUT2D eigenvalue weighted by atomic mass is 10.1. The molecule has 110 valence electrons. The molecule has 1 fully saturated rings. The number of amides is 1. The topological polar surface area (TPSA) is 85.0 Å². The summed E-state index contributed by atoms with van der Waals surface area (Å²) < 4.78 is 1.89.